The highest BCUT2D eigenvalue weighted by Crippen LogP contribution is 2.19. The molecular weight excluding hydrogens is 393 g/mol. The van der Waals surface area contributed by atoms with Crippen LogP contribution in [0.1, 0.15) is 41.9 Å². The highest BCUT2D eigenvalue weighted by atomic mass is 35.5. The molecule has 0 fully saturated rings. The fourth-order valence-electron chi connectivity index (χ4n) is 2.45. The van der Waals surface area contributed by atoms with E-state index in [1.54, 1.807) is 31.2 Å². The molecule has 0 aliphatic rings. The lowest BCUT2D eigenvalue weighted by molar-refractivity contribution is 0.174. The average molecular weight is 410 g/mol. The van der Waals surface area contributed by atoms with Crippen molar-refractivity contribution in [3.63, 3.8) is 0 Å². The van der Waals surface area contributed by atoms with E-state index in [-0.39, 0.29) is 23.9 Å². The number of hydrogen-bond acceptors (Lipinski definition) is 7. The van der Waals surface area contributed by atoms with Gasteiger partial charge in [0.15, 0.2) is 5.82 Å². The number of aliphatic hydroxyl groups excluding tert-OH is 1. The first-order valence-electron chi connectivity index (χ1n) is 8.11. The first kappa shape index (κ1) is 19.5. The molecule has 2 aromatic heterocycles. The van der Waals surface area contributed by atoms with Crippen LogP contribution in [0.4, 0.5) is 0 Å². The quantitative estimate of drug-likeness (QED) is 0.640. The fraction of sp³-hybridized carbons (Fsp3) is 0.294. The molecule has 3 N–H and O–H groups in total. The number of benzene rings is 1. The Balaban J connectivity index is 1.72. The molecule has 1 aromatic carbocycles. The Morgan fingerprint density at radius 2 is 2.00 bits per heavy atom. The molecule has 0 spiro atoms. The van der Waals surface area contributed by atoms with Crippen molar-refractivity contribution < 1.29 is 9.63 Å². The molecule has 27 heavy (non-hydrogen) atoms. The Labute approximate surface area is 164 Å². The molecule has 0 amide bonds. The molecular formula is C17H17Cl2N5O3. The van der Waals surface area contributed by atoms with Gasteiger partial charge in [0.05, 0.1) is 12.3 Å². The minimum Gasteiger partial charge on any atom is -0.388 e. The first-order valence-corrected chi connectivity index (χ1v) is 8.87. The number of nitrogens with two attached hydrogens (primary N) is 1. The molecule has 3 aromatic rings. The van der Waals surface area contributed by atoms with E-state index in [0.29, 0.717) is 22.0 Å². The highest BCUT2D eigenvalue weighted by Gasteiger charge is 2.17. The maximum absolute atomic E-state index is 12.3. The van der Waals surface area contributed by atoms with Gasteiger partial charge >= 0.3 is 0 Å². The van der Waals surface area contributed by atoms with Gasteiger partial charge in [0, 0.05) is 23.0 Å². The molecule has 10 heteroatoms. The zero-order valence-electron chi connectivity index (χ0n) is 14.3. The molecule has 8 nitrogen and oxygen atoms in total. The van der Waals surface area contributed by atoms with Crippen LogP contribution in [0.5, 0.6) is 0 Å². The van der Waals surface area contributed by atoms with Crippen molar-refractivity contribution in [3.8, 4) is 0 Å². The molecule has 2 atom stereocenters. The lowest BCUT2D eigenvalue weighted by Gasteiger charge is -2.09. The van der Waals surface area contributed by atoms with Crippen molar-refractivity contribution in [2.45, 2.75) is 32.0 Å². The van der Waals surface area contributed by atoms with E-state index in [4.69, 9.17) is 33.5 Å². The van der Waals surface area contributed by atoms with E-state index in [2.05, 4.69) is 15.2 Å². The largest absolute Gasteiger partial charge is 0.388 e. The van der Waals surface area contributed by atoms with Crippen molar-refractivity contribution in [1.29, 1.82) is 0 Å². The van der Waals surface area contributed by atoms with E-state index in [9.17, 15) is 9.90 Å². The summed E-state index contributed by atoms with van der Waals surface area (Å²) < 4.78 is 6.25. The van der Waals surface area contributed by atoms with Crippen LogP contribution in [-0.2, 0) is 13.0 Å². The summed E-state index contributed by atoms with van der Waals surface area (Å²) in [6, 6.07) is 6.42. The lowest BCUT2D eigenvalue weighted by atomic mass is 10.1. The second kappa shape index (κ2) is 8.18. The highest BCUT2D eigenvalue weighted by molar-refractivity contribution is 6.31. The summed E-state index contributed by atoms with van der Waals surface area (Å²) in [5.41, 5.74) is 6.40. The third-order valence-corrected chi connectivity index (χ3v) is 4.56. The van der Waals surface area contributed by atoms with Crippen molar-refractivity contribution >= 4 is 23.2 Å². The molecule has 0 bridgehead atoms. The van der Waals surface area contributed by atoms with Gasteiger partial charge in [-0.3, -0.25) is 4.79 Å². The number of aliphatic hydroxyl groups is 1. The Bertz CT molecular complexity index is 985. The lowest BCUT2D eigenvalue weighted by Crippen LogP contribution is -2.26. The van der Waals surface area contributed by atoms with Gasteiger partial charge in [0.2, 0.25) is 5.89 Å². The number of nitrogens with zero attached hydrogens (tertiary/aromatic N) is 4. The number of hydrogen-bond donors (Lipinski definition) is 2. The molecule has 3 rings (SSSR count). The molecule has 2 heterocycles. The van der Waals surface area contributed by atoms with Crippen LogP contribution in [0.15, 0.2) is 39.8 Å². The number of halogens is 2. The maximum Gasteiger partial charge on any atom is 0.286 e. The molecule has 142 valence electrons. The molecule has 0 aliphatic heterocycles. The van der Waals surface area contributed by atoms with E-state index in [1.165, 1.54) is 6.20 Å². The third-order valence-electron chi connectivity index (χ3n) is 3.93. The summed E-state index contributed by atoms with van der Waals surface area (Å²) >= 11 is 11.9. The Morgan fingerprint density at radius 3 is 2.67 bits per heavy atom. The van der Waals surface area contributed by atoms with Gasteiger partial charge in [0.25, 0.3) is 5.56 Å². The summed E-state index contributed by atoms with van der Waals surface area (Å²) in [5, 5.41) is 18.7. The first-order chi connectivity index (χ1) is 12.8. The summed E-state index contributed by atoms with van der Waals surface area (Å²) in [6.07, 6.45) is 0.779. The summed E-state index contributed by atoms with van der Waals surface area (Å²) in [5.74, 6) is 0.478. The molecule has 0 unspecified atom stereocenters. The molecule has 0 aliphatic carbocycles. The van der Waals surface area contributed by atoms with Gasteiger partial charge in [-0.05, 0) is 24.6 Å². The minimum atomic E-state index is -0.812. The molecule has 0 saturated carbocycles. The molecule has 0 saturated heterocycles. The molecule has 0 radical (unpaired) electrons. The number of aromatic nitrogens is 4. The van der Waals surface area contributed by atoms with Gasteiger partial charge < -0.3 is 15.4 Å². The normalized spacial score (nSPS) is 13.5. The Hall–Kier alpha value is -2.26. The van der Waals surface area contributed by atoms with Crippen LogP contribution >= 0.6 is 23.2 Å². The topological polar surface area (TPSA) is 120 Å². The van der Waals surface area contributed by atoms with Crippen molar-refractivity contribution in [2.75, 3.05) is 0 Å². The maximum atomic E-state index is 12.3. The smallest absolute Gasteiger partial charge is 0.286 e. The van der Waals surface area contributed by atoms with Crippen LogP contribution in [0, 0.1) is 0 Å². The van der Waals surface area contributed by atoms with Crippen LogP contribution in [0.2, 0.25) is 10.0 Å². The zero-order valence-corrected chi connectivity index (χ0v) is 15.9. The average Bonchev–Trinajstić information content (AvgIpc) is 3.06. The van der Waals surface area contributed by atoms with Crippen LogP contribution in [0.25, 0.3) is 0 Å². The van der Waals surface area contributed by atoms with Crippen LogP contribution in [0.3, 0.4) is 0 Å². The summed E-state index contributed by atoms with van der Waals surface area (Å²) in [7, 11) is 0. The zero-order chi connectivity index (χ0) is 19.6. The third kappa shape index (κ3) is 4.54. The van der Waals surface area contributed by atoms with Gasteiger partial charge in [-0.2, -0.15) is 10.1 Å². The number of rotatable bonds is 6. The predicted molar refractivity (Wildman–Crippen MR) is 99.6 cm³/mol. The Morgan fingerprint density at radius 1 is 1.30 bits per heavy atom. The van der Waals surface area contributed by atoms with Crippen LogP contribution in [-0.4, -0.2) is 25.0 Å². The van der Waals surface area contributed by atoms with E-state index < -0.39 is 17.7 Å². The van der Waals surface area contributed by atoms with Gasteiger partial charge in [-0.25, -0.2) is 4.68 Å². The fourth-order valence-corrected chi connectivity index (χ4v) is 2.89. The van der Waals surface area contributed by atoms with Crippen molar-refractivity contribution in [1.82, 2.24) is 19.9 Å². The van der Waals surface area contributed by atoms with Gasteiger partial charge in [-0.1, -0.05) is 40.5 Å². The van der Waals surface area contributed by atoms with Gasteiger partial charge in [-0.15, -0.1) is 0 Å². The standard InChI is InChI=1S/C17H17Cl2N5O3/c1-9(20)12-7-21-24(17(26)16(12)19)8-15-22-14(23-27-15)6-13(25)10-2-4-11(18)5-3-10/h2-5,7,9,13,25H,6,8,20H2,1H3/t9-,13+/m1/s1. The summed E-state index contributed by atoms with van der Waals surface area (Å²) in [6.45, 7) is 1.67. The second-order valence-electron chi connectivity index (χ2n) is 6.04. The van der Waals surface area contributed by atoms with Gasteiger partial charge in [0.1, 0.15) is 11.6 Å². The SMILES string of the molecule is C[C@@H](N)c1cnn(Cc2nc(C[C@H](O)c3ccc(Cl)cc3)no2)c(=O)c1Cl. The van der Waals surface area contributed by atoms with E-state index in [1.807, 2.05) is 0 Å². The minimum absolute atomic E-state index is 0.0119. The second-order valence-corrected chi connectivity index (χ2v) is 6.86. The van der Waals surface area contributed by atoms with Crippen LogP contribution < -0.4 is 11.3 Å². The summed E-state index contributed by atoms with van der Waals surface area (Å²) in [4.78, 5) is 16.5. The predicted octanol–water partition coefficient (Wildman–Crippen LogP) is 2.28. The van der Waals surface area contributed by atoms with Crippen molar-refractivity contribution in [2.24, 2.45) is 5.73 Å². The van der Waals surface area contributed by atoms with Crippen molar-refractivity contribution in [3.05, 3.63) is 73.7 Å². The Kier molecular flexibility index (Phi) is 5.91. The van der Waals surface area contributed by atoms with E-state index in [0.717, 1.165) is 4.68 Å². The monoisotopic (exact) mass is 409 g/mol. The van der Waals surface area contributed by atoms with E-state index >= 15 is 0 Å².